The van der Waals surface area contributed by atoms with Crippen molar-refractivity contribution < 1.29 is 23.4 Å². The van der Waals surface area contributed by atoms with Crippen molar-refractivity contribution in [2.45, 2.75) is 52.7 Å². The van der Waals surface area contributed by atoms with Gasteiger partial charge < -0.3 is 19.5 Å². The van der Waals surface area contributed by atoms with Crippen LogP contribution in [0.15, 0.2) is 36.4 Å². The Hall–Kier alpha value is -2.80. The van der Waals surface area contributed by atoms with Gasteiger partial charge in [0.1, 0.15) is 23.4 Å². The fourth-order valence-corrected chi connectivity index (χ4v) is 5.51. The fraction of sp³-hybridized carbons (Fsp3) is 0.552. The van der Waals surface area contributed by atoms with Gasteiger partial charge in [0.2, 0.25) is 0 Å². The van der Waals surface area contributed by atoms with Crippen molar-refractivity contribution in [3.05, 3.63) is 47.8 Å². The number of nitrogens with zero attached hydrogens (tertiary/aromatic N) is 1. The van der Waals surface area contributed by atoms with Gasteiger partial charge in [0.25, 0.3) is 0 Å². The first-order valence-electron chi connectivity index (χ1n) is 13.1. The number of hydrogen-bond acceptors (Lipinski definition) is 5. The Bertz CT molecular complexity index is 1090. The third-order valence-corrected chi connectivity index (χ3v) is 7.66. The number of alkyl carbamates (subject to hydrolysis) is 1. The van der Waals surface area contributed by atoms with Crippen LogP contribution in [0.25, 0.3) is 11.1 Å². The number of carbonyl (C=O) groups excluding carboxylic acids is 1. The van der Waals surface area contributed by atoms with Gasteiger partial charge in [-0.25, -0.2) is 9.18 Å². The van der Waals surface area contributed by atoms with E-state index in [1.807, 2.05) is 38.1 Å². The van der Waals surface area contributed by atoms with Crippen molar-refractivity contribution in [3.63, 3.8) is 0 Å². The molecule has 7 heteroatoms. The number of nitrogens with one attached hydrogen (secondary N) is 1. The lowest BCUT2D eigenvalue weighted by Crippen LogP contribution is -2.53. The lowest BCUT2D eigenvalue weighted by Gasteiger charge is -2.44. The van der Waals surface area contributed by atoms with Gasteiger partial charge in [-0.1, -0.05) is 39.8 Å². The van der Waals surface area contributed by atoms with E-state index in [4.69, 9.17) is 14.2 Å². The maximum absolute atomic E-state index is 15.4. The Labute approximate surface area is 213 Å². The van der Waals surface area contributed by atoms with Crippen molar-refractivity contribution in [2.24, 2.45) is 17.3 Å². The highest BCUT2D eigenvalue weighted by Gasteiger charge is 2.41. The van der Waals surface area contributed by atoms with E-state index in [-0.39, 0.29) is 11.9 Å². The Morgan fingerprint density at radius 2 is 1.92 bits per heavy atom. The molecule has 4 heterocycles. The molecule has 0 aliphatic carbocycles. The topological polar surface area (TPSA) is 60.0 Å². The summed E-state index contributed by atoms with van der Waals surface area (Å²) in [5.41, 5.74) is 1.41. The molecular formula is C29H37FN2O4. The van der Waals surface area contributed by atoms with E-state index in [0.29, 0.717) is 41.9 Å². The van der Waals surface area contributed by atoms with Crippen LogP contribution in [-0.2, 0) is 4.74 Å². The minimum Gasteiger partial charge on any atom is -0.493 e. The maximum Gasteiger partial charge on any atom is 0.407 e. The predicted molar refractivity (Wildman–Crippen MR) is 137 cm³/mol. The summed E-state index contributed by atoms with van der Waals surface area (Å²) >= 11 is 0. The van der Waals surface area contributed by atoms with Crippen molar-refractivity contribution in [1.82, 2.24) is 10.2 Å². The molecule has 1 unspecified atom stereocenters. The molecule has 4 aliphatic rings. The first kappa shape index (κ1) is 24.9. The maximum atomic E-state index is 15.4. The molecule has 6 rings (SSSR count). The van der Waals surface area contributed by atoms with E-state index in [1.54, 1.807) is 6.07 Å². The van der Waals surface area contributed by atoms with Crippen LogP contribution >= 0.6 is 0 Å². The third-order valence-electron chi connectivity index (χ3n) is 7.66. The second-order valence-electron chi connectivity index (χ2n) is 11.5. The van der Waals surface area contributed by atoms with Crippen LogP contribution in [-0.4, -0.2) is 49.9 Å². The van der Waals surface area contributed by atoms with Crippen LogP contribution < -0.4 is 14.8 Å². The average Bonchev–Trinajstić information content (AvgIpc) is 2.85. The molecule has 6 nitrogen and oxygen atoms in total. The fourth-order valence-electron chi connectivity index (χ4n) is 5.51. The SMILES string of the molecule is CC(C)COc1ccc(-c2cc3c(cc2F)C(NC(=O)O[C@H]2CN4CCC2CC4)C(C)(C)CO3)cc1. The minimum atomic E-state index is -0.443. The van der Waals surface area contributed by atoms with Gasteiger partial charge in [-0.2, -0.15) is 0 Å². The zero-order valence-corrected chi connectivity index (χ0v) is 21.7. The van der Waals surface area contributed by atoms with Gasteiger partial charge in [0.15, 0.2) is 0 Å². The van der Waals surface area contributed by atoms with Crippen LogP contribution in [0.3, 0.4) is 0 Å². The number of halogens is 1. The molecule has 0 radical (unpaired) electrons. The monoisotopic (exact) mass is 496 g/mol. The van der Waals surface area contributed by atoms with Crippen LogP contribution in [0.4, 0.5) is 9.18 Å². The third kappa shape index (κ3) is 5.17. The molecule has 2 aromatic rings. The highest BCUT2D eigenvalue weighted by Crippen LogP contribution is 2.45. The second kappa shape index (κ2) is 9.92. The molecule has 4 aliphatic heterocycles. The standard InChI is InChI=1S/C29H37FN2O4/c1-18(2)16-34-21-7-5-19(6-8-21)22-14-25-23(13-24(22)30)27(29(3,4)17-35-25)31-28(33)36-26-15-32-11-9-20(26)10-12-32/h5-8,13-14,18,20,26-27H,9-12,15-17H2,1-4H3,(H,31,33)/t26-,27?/m0/s1. The molecule has 3 saturated heterocycles. The van der Waals surface area contributed by atoms with Crippen LogP contribution in [0, 0.1) is 23.1 Å². The highest BCUT2D eigenvalue weighted by atomic mass is 19.1. The quantitative estimate of drug-likeness (QED) is 0.547. The van der Waals surface area contributed by atoms with Crippen LogP contribution in [0.5, 0.6) is 11.5 Å². The van der Waals surface area contributed by atoms with Crippen molar-refractivity contribution in [2.75, 3.05) is 32.8 Å². The normalized spacial score (nSPS) is 26.2. The number of carbonyl (C=O) groups is 1. The highest BCUT2D eigenvalue weighted by molar-refractivity contribution is 5.71. The Morgan fingerprint density at radius 1 is 1.19 bits per heavy atom. The molecule has 1 amide bonds. The molecule has 194 valence electrons. The average molecular weight is 497 g/mol. The van der Waals surface area contributed by atoms with Crippen molar-refractivity contribution in [1.29, 1.82) is 0 Å². The lowest BCUT2D eigenvalue weighted by molar-refractivity contribution is -0.0361. The molecule has 0 aromatic heterocycles. The molecule has 2 atom stereocenters. The number of ether oxygens (including phenoxy) is 3. The van der Waals surface area contributed by atoms with Gasteiger partial charge in [-0.15, -0.1) is 0 Å². The van der Waals surface area contributed by atoms with Gasteiger partial charge in [0, 0.05) is 23.1 Å². The largest absolute Gasteiger partial charge is 0.493 e. The summed E-state index contributed by atoms with van der Waals surface area (Å²) in [6.45, 7) is 12.2. The summed E-state index contributed by atoms with van der Waals surface area (Å²) in [5.74, 6) is 1.84. The molecule has 0 saturated carbocycles. The smallest absolute Gasteiger partial charge is 0.407 e. The summed E-state index contributed by atoms with van der Waals surface area (Å²) in [4.78, 5) is 15.3. The summed E-state index contributed by atoms with van der Waals surface area (Å²) in [6, 6.07) is 10.2. The summed E-state index contributed by atoms with van der Waals surface area (Å²) < 4.78 is 33.1. The summed E-state index contributed by atoms with van der Waals surface area (Å²) in [5, 5.41) is 3.05. The first-order chi connectivity index (χ1) is 17.2. The van der Waals surface area contributed by atoms with E-state index in [2.05, 4.69) is 24.1 Å². The van der Waals surface area contributed by atoms with E-state index in [9.17, 15) is 4.79 Å². The van der Waals surface area contributed by atoms with E-state index >= 15 is 4.39 Å². The first-order valence-corrected chi connectivity index (χ1v) is 13.1. The van der Waals surface area contributed by atoms with E-state index < -0.39 is 17.6 Å². The predicted octanol–water partition coefficient (Wildman–Crippen LogP) is 5.81. The minimum absolute atomic E-state index is 0.0819. The van der Waals surface area contributed by atoms with Gasteiger partial charge in [0.05, 0.1) is 19.3 Å². The van der Waals surface area contributed by atoms with Crippen LogP contribution in [0.2, 0.25) is 0 Å². The number of benzene rings is 2. The number of hydrogen-bond donors (Lipinski definition) is 1. The molecule has 0 spiro atoms. The van der Waals surface area contributed by atoms with Crippen molar-refractivity contribution in [3.8, 4) is 22.6 Å². The number of piperidine rings is 3. The van der Waals surface area contributed by atoms with E-state index in [0.717, 1.165) is 43.8 Å². The Morgan fingerprint density at radius 3 is 2.56 bits per heavy atom. The molecule has 1 N–H and O–H groups in total. The molecule has 2 bridgehead atoms. The van der Waals surface area contributed by atoms with E-state index in [1.165, 1.54) is 6.07 Å². The summed E-state index contributed by atoms with van der Waals surface area (Å²) in [6.07, 6.45) is 1.62. The number of amides is 1. The molecule has 2 aromatic carbocycles. The molecule has 3 fully saturated rings. The molecule has 36 heavy (non-hydrogen) atoms. The lowest BCUT2D eigenvalue weighted by atomic mass is 9.78. The number of rotatable bonds is 6. The van der Waals surface area contributed by atoms with Crippen molar-refractivity contribution >= 4 is 6.09 Å². The zero-order chi connectivity index (χ0) is 25.4. The summed E-state index contributed by atoms with van der Waals surface area (Å²) in [7, 11) is 0. The van der Waals surface area contributed by atoms with Gasteiger partial charge in [-0.3, -0.25) is 4.90 Å². The Kier molecular flexibility index (Phi) is 6.86. The number of fused-ring (bicyclic) bond motifs is 4. The van der Waals surface area contributed by atoms with Gasteiger partial charge >= 0.3 is 6.09 Å². The molecular weight excluding hydrogens is 459 g/mol. The zero-order valence-electron chi connectivity index (χ0n) is 21.7. The van der Waals surface area contributed by atoms with Crippen LogP contribution in [0.1, 0.15) is 52.1 Å². The Balaban J connectivity index is 1.34. The van der Waals surface area contributed by atoms with Gasteiger partial charge in [-0.05, 0) is 67.6 Å². The second-order valence-corrected chi connectivity index (χ2v) is 11.5.